The smallest absolute Gasteiger partial charge is 0.400 e. The summed E-state index contributed by atoms with van der Waals surface area (Å²) in [4.78, 5) is 0. The van der Waals surface area contributed by atoms with Crippen LogP contribution in [0.4, 0.5) is 26.3 Å². The molecule has 2 aliphatic carbocycles. The van der Waals surface area contributed by atoms with Crippen molar-refractivity contribution in [3.63, 3.8) is 0 Å². The summed E-state index contributed by atoms with van der Waals surface area (Å²) in [5.74, 6) is -6.82. The number of benzene rings is 1. The van der Waals surface area contributed by atoms with Gasteiger partial charge in [-0.1, -0.05) is 26.2 Å². The lowest BCUT2D eigenvalue weighted by Crippen LogP contribution is -2.47. The lowest BCUT2D eigenvalue weighted by Gasteiger charge is -2.43. The number of ether oxygens (including phenoxy) is 5. The summed E-state index contributed by atoms with van der Waals surface area (Å²) in [6, 6.07) is 0.817. The Morgan fingerprint density at radius 3 is 1.95 bits per heavy atom. The minimum absolute atomic E-state index is 0.0243. The minimum Gasteiger partial charge on any atom is -0.432 e. The molecule has 5 rings (SSSR count). The molecule has 0 N–H and O–H groups in total. The molecule has 11 heteroatoms. The van der Waals surface area contributed by atoms with Crippen LogP contribution in [-0.4, -0.2) is 51.3 Å². The molecule has 2 aliphatic heterocycles. The number of rotatable bonds is 10. The molecule has 2 heterocycles. The Morgan fingerprint density at radius 2 is 1.35 bits per heavy atom. The molecule has 43 heavy (non-hydrogen) atoms. The predicted molar refractivity (Wildman–Crippen MR) is 146 cm³/mol. The zero-order valence-electron chi connectivity index (χ0n) is 24.8. The summed E-state index contributed by atoms with van der Waals surface area (Å²) in [5, 5.41) is 0. The van der Waals surface area contributed by atoms with Crippen LogP contribution in [0.3, 0.4) is 0 Å². The van der Waals surface area contributed by atoms with Crippen molar-refractivity contribution >= 4 is 0 Å². The number of unbranched alkanes of at least 4 members (excludes halogenated alkanes) is 2. The molecule has 2 saturated carbocycles. The van der Waals surface area contributed by atoms with Crippen LogP contribution in [0.15, 0.2) is 12.1 Å². The fourth-order valence-electron chi connectivity index (χ4n) is 7.30. The summed E-state index contributed by atoms with van der Waals surface area (Å²) in [6.45, 7) is 4.42. The van der Waals surface area contributed by atoms with Gasteiger partial charge in [0.05, 0.1) is 38.3 Å². The molecule has 244 valence electrons. The summed E-state index contributed by atoms with van der Waals surface area (Å²) >= 11 is 0. The Balaban J connectivity index is 1.02. The van der Waals surface area contributed by atoms with E-state index in [0.717, 1.165) is 12.8 Å². The van der Waals surface area contributed by atoms with E-state index in [1.165, 1.54) is 19.3 Å². The second-order valence-corrected chi connectivity index (χ2v) is 12.9. The van der Waals surface area contributed by atoms with Crippen LogP contribution in [0.25, 0.3) is 0 Å². The topological polar surface area (TPSA) is 46.2 Å². The van der Waals surface area contributed by atoms with Crippen molar-refractivity contribution in [3.8, 4) is 5.75 Å². The summed E-state index contributed by atoms with van der Waals surface area (Å²) < 4.78 is 114. The SMILES string of the molecule is CCCCCC1COC(C2COC(C3CCC(C4CCC(C(F)(F)Oc5cc(F)c(F)c(F)c5)CC4)C(F)C3)OC2)OC1. The maximum atomic E-state index is 15.5. The molecule has 3 atom stereocenters. The van der Waals surface area contributed by atoms with Crippen LogP contribution in [0.2, 0.25) is 0 Å². The second-order valence-electron chi connectivity index (χ2n) is 12.9. The fourth-order valence-corrected chi connectivity index (χ4v) is 7.30. The molecule has 4 aliphatic rings. The van der Waals surface area contributed by atoms with Gasteiger partial charge in [0.25, 0.3) is 0 Å². The zero-order valence-corrected chi connectivity index (χ0v) is 24.8. The van der Waals surface area contributed by atoms with Crippen LogP contribution in [0, 0.1) is 53.0 Å². The largest absolute Gasteiger partial charge is 0.432 e. The predicted octanol–water partition coefficient (Wildman–Crippen LogP) is 8.19. The Bertz CT molecular complexity index is 998. The summed E-state index contributed by atoms with van der Waals surface area (Å²) in [7, 11) is 0. The second kappa shape index (κ2) is 14.7. The number of alkyl halides is 3. The lowest BCUT2D eigenvalue weighted by molar-refractivity contribution is -0.292. The van der Waals surface area contributed by atoms with E-state index in [4.69, 9.17) is 18.9 Å². The van der Waals surface area contributed by atoms with Gasteiger partial charge in [0.1, 0.15) is 11.9 Å². The molecule has 2 saturated heterocycles. The van der Waals surface area contributed by atoms with E-state index in [0.29, 0.717) is 70.2 Å². The molecule has 4 fully saturated rings. The van der Waals surface area contributed by atoms with Crippen molar-refractivity contribution in [1.82, 2.24) is 0 Å². The maximum absolute atomic E-state index is 15.5. The number of hydrogen-bond donors (Lipinski definition) is 0. The highest BCUT2D eigenvalue weighted by Crippen LogP contribution is 2.47. The first-order valence-electron chi connectivity index (χ1n) is 16.0. The van der Waals surface area contributed by atoms with Crippen molar-refractivity contribution in [2.24, 2.45) is 35.5 Å². The maximum Gasteiger partial charge on any atom is 0.400 e. The van der Waals surface area contributed by atoms with Gasteiger partial charge in [-0.3, -0.25) is 0 Å². The van der Waals surface area contributed by atoms with Gasteiger partial charge in [-0.15, -0.1) is 0 Å². The summed E-state index contributed by atoms with van der Waals surface area (Å²) in [5.41, 5.74) is 0. The van der Waals surface area contributed by atoms with E-state index >= 15 is 4.39 Å². The van der Waals surface area contributed by atoms with Crippen LogP contribution in [0.5, 0.6) is 5.75 Å². The Hall–Kier alpha value is -1.56. The fraction of sp³-hybridized carbons (Fsp3) is 0.812. The van der Waals surface area contributed by atoms with Crippen molar-refractivity contribution in [2.75, 3.05) is 26.4 Å². The van der Waals surface area contributed by atoms with Crippen molar-refractivity contribution in [2.45, 2.75) is 102 Å². The molecule has 0 amide bonds. The van der Waals surface area contributed by atoms with Crippen LogP contribution in [0.1, 0.15) is 77.6 Å². The first-order valence-corrected chi connectivity index (χ1v) is 16.0. The highest BCUT2D eigenvalue weighted by molar-refractivity contribution is 5.25. The van der Waals surface area contributed by atoms with Crippen LogP contribution in [-0.2, 0) is 18.9 Å². The Morgan fingerprint density at radius 1 is 0.767 bits per heavy atom. The zero-order chi connectivity index (χ0) is 30.6. The van der Waals surface area contributed by atoms with Gasteiger partial charge in [-0.05, 0) is 63.2 Å². The normalized spacial score (nSPS) is 35.9. The number of halogens is 6. The quantitative estimate of drug-likeness (QED) is 0.150. The molecular weight excluding hydrogens is 578 g/mol. The van der Waals surface area contributed by atoms with E-state index in [2.05, 4.69) is 11.7 Å². The van der Waals surface area contributed by atoms with Gasteiger partial charge in [0.2, 0.25) is 0 Å². The number of hydrogen-bond acceptors (Lipinski definition) is 5. The van der Waals surface area contributed by atoms with Gasteiger partial charge in [-0.2, -0.15) is 8.78 Å². The van der Waals surface area contributed by atoms with E-state index in [1.54, 1.807) is 0 Å². The molecule has 1 aromatic carbocycles. The van der Waals surface area contributed by atoms with Gasteiger partial charge >= 0.3 is 6.11 Å². The highest BCUT2D eigenvalue weighted by atomic mass is 19.3. The third kappa shape index (κ3) is 8.19. The third-order valence-corrected chi connectivity index (χ3v) is 9.85. The molecular formula is C32H44F6O5. The monoisotopic (exact) mass is 622 g/mol. The standard InChI is InChI=1S/C32H44F6O5/c1-2-3-4-5-19-15-39-31(40-16-19)22-17-41-30(42-18-22)21-8-11-25(26(33)12-21)20-6-9-23(10-7-20)32(37,38)43-24-13-27(34)29(36)28(35)14-24/h13-14,19-23,25-26,30-31H,2-12,15-18H2,1H3. The van der Waals surface area contributed by atoms with E-state index in [9.17, 15) is 22.0 Å². The first-order chi connectivity index (χ1) is 20.6. The Labute approximate surface area is 249 Å². The molecule has 5 nitrogen and oxygen atoms in total. The molecule has 3 unspecified atom stereocenters. The van der Waals surface area contributed by atoms with Crippen molar-refractivity contribution in [1.29, 1.82) is 0 Å². The first kappa shape index (κ1) is 32.8. The van der Waals surface area contributed by atoms with Crippen molar-refractivity contribution in [3.05, 3.63) is 29.6 Å². The summed E-state index contributed by atoms with van der Waals surface area (Å²) in [6.07, 6.45) is 1.77. The third-order valence-electron chi connectivity index (χ3n) is 9.85. The molecule has 0 radical (unpaired) electrons. The van der Waals surface area contributed by atoms with Gasteiger partial charge in [-0.25, -0.2) is 17.6 Å². The van der Waals surface area contributed by atoms with E-state index in [-0.39, 0.29) is 42.8 Å². The Kier molecular flexibility index (Phi) is 11.2. The van der Waals surface area contributed by atoms with Crippen LogP contribution >= 0.6 is 0 Å². The average Bonchev–Trinajstić information content (AvgIpc) is 3.00. The molecule has 0 bridgehead atoms. The minimum atomic E-state index is -3.69. The average molecular weight is 623 g/mol. The van der Waals surface area contributed by atoms with Gasteiger partial charge in [0.15, 0.2) is 30.0 Å². The highest BCUT2D eigenvalue weighted by Gasteiger charge is 2.47. The van der Waals surface area contributed by atoms with E-state index < -0.39 is 47.7 Å². The van der Waals surface area contributed by atoms with E-state index in [1.807, 2.05) is 0 Å². The van der Waals surface area contributed by atoms with Gasteiger partial charge in [0, 0.05) is 24.0 Å². The van der Waals surface area contributed by atoms with Gasteiger partial charge < -0.3 is 23.7 Å². The molecule has 0 aromatic heterocycles. The lowest BCUT2D eigenvalue weighted by atomic mass is 9.68. The van der Waals surface area contributed by atoms with Crippen molar-refractivity contribution < 1.29 is 50.0 Å². The molecule has 0 spiro atoms. The van der Waals surface area contributed by atoms with Crippen LogP contribution < -0.4 is 4.74 Å². The molecule has 1 aromatic rings.